The smallest absolute Gasteiger partial charge is 0.314 e. The molecule has 1 aliphatic rings. The summed E-state index contributed by atoms with van der Waals surface area (Å²) in [4.78, 5) is 14.8. The van der Waals surface area contributed by atoms with Gasteiger partial charge in [-0.25, -0.2) is 0 Å². The molecule has 3 nitrogen and oxygen atoms in total. The van der Waals surface area contributed by atoms with Gasteiger partial charge in [0.05, 0.1) is 13.0 Å². The van der Waals surface area contributed by atoms with Crippen LogP contribution >= 0.6 is 11.6 Å². The minimum absolute atomic E-state index is 0.0415. The Morgan fingerprint density at radius 1 is 1.33 bits per heavy atom. The Morgan fingerprint density at radius 3 is 2.48 bits per heavy atom. The average Bonchev–Trinajstić information content (AvgIpc) is 2.90. The van der Waals surface area contributed by atoms with Crippen LogP contribution in [0.15, 0.2) is 24.3 Å². The van der Waals surface area contributed by atoms with Gasteiger partial charge in [-0.3, -0.25) is 9.69 Å². The molecule has 1 saturated heterocycles. The number of esters is 1. The first kappa shape index (κ1) is 16.3. The maximum atomic E-state index is 12.4. The van der Waals surface area contributed by atoms with Crippen molar-refractivity contribution < 1.29 is 9.53 Å². The van der Waals surface area contributed by atoms with E-state index in [0.29, 0.717) is 5.02 Å². The molecule has 0 spiro atoms. The molecule has 116 valence electrons. The Bertz CT molecular complexity index is 493. The van der Waals surface area contributed by atoms with Crippen molar-refractivity contribution in [3.8, 4) is 0 Å². The molecule has 2 rings (SSSR count). The molecule has 0 aromatic heterocycles. The maximum absolute atomic E-state index is 12.4. The molecule has 1 aromatic rings. The highest BCUT2D eigenvalue weighted by Crippen LogP contribution is 2.36. The highest BCUT2D eigenvalue weighted by molar-refractivity contribution is 6.30. The van der Waals surface area contributed by atoms with Crippen LogP contribution in [-0.4, -0.2) is 36.1 Å². The van der Waals surface area contributed by atoms with Gasteiger partial charge in [0, 0.05) is 16.6 Å². The van der Waals surface area contributed by atoms with Gasteiger partial charge in [0.25, 0.3) is 0 Å². The van der Waals surface area contributed by atoms with Crippen molar-refractivity contribution in [2.75, 3.05) is 13.7 Å². The molecular formula is C17H24ClNO2. The number of hydrogen-bond donors (Lipinski definition) is 0. The lowest BCUT2D eigenvalue weighted by Gasteiger charge is -2.39. The lowest BCUT2D eigenvalue weighted by atomic mass is 9.88. The standard InChI is InChI=1S/C17H24ClNO2/c1-17(2,3)19-11-5-6-14(19)15(16(20)21-4)12-7-9-13(18)10-8-12/h7-10,14-15H,5-6,11H2,1-4H3/t14-,15+/m1/s1. The van der Waals surface area contributed by atoms with Gasteiger partial charge in [0.2, 0.25) is 0 Å². The normalized spacial score (nSPS) is 21.3. The molecule has 0 radical (unpaired) electrons. The molecule has 0 saturated carbocycles. The summed E-state index contributed by atoms with van der Waals surface area (Å²) in [7, 11) is 1.46. The van der Waals surface area contributed by atoms with Crippen molar-refractivity contribution in [3.63, 3.8) is 0 Å². The summed E-state index contributed by atoms with van der Waals surface area (Å²) in [5.41, 5.74) is 1.02. The van der Waals surface area contributed by atoms with Gasteiger partial charge in [-0.2, -0.15) is 0 Å². The second-order valence-electron chi connectivity index (χ2n) is 6.63. The highest BCUT2D eigenvalue weighted by Gasteiger charge is 2.41. The van der Waals surface area contributed by atoms with Crippen molar-refractivity contribution >= 4 is 17.6 Å². The van der Waals surface area contributed by atoms with Crippen LogP contribution in [0.3, 0.4) is 0 Å². The topological polar surface area (TPSA) is 29.5 Å². The summed E-state index contributed by atoms with van der Waals surface area (Å²) in [6.07, 6.45) is 2.13. The number of halogens is 1. The molecule has 1 aromatic carbocycles. The summed E-state index contributed by atoms with van der Waals surface area (Å²) < 4.78 is 5.07. The van der Waals surface area contributed by atoms with Crippen molar-refractivity contribution in [1.29, 1.82) is 0 Å². The third kappa shape index (κ3) is 3.58. The Morgan fingerprint density at radius 2 is 1.95 bits per heavy atom. The fourth-order valence-corrected chi connectivity index (χ4v) is 3.41. The first-order valence-electron chi connectivity index (χ1n) is 7.44. The van der Waals surface area contributed by atoms with E-state index in [4.69, 9.17) is 16.3 Å². The van der Waals surface area contributed by atoms with Crippen LogP contribution in [0.25, 0.3) is 0 Å². The van der Waals surface area contributed by atoms with E-state index in [1.54, 1.807) is 0 Å². The third-order valence-corrected chi connectivity index (χ3v) is 4.48. The van der Waals surface area contributed by atoms with Gasteiger partial charge in [-0.1, -0.05) is 23.7 Å². The highest BCUT2D eigenvalue weighted by atomic mass is 35.5. The predicted molar refractivity (Wildman–Crippen MR) is 85.7 cm³/mol. The summed E-state index contributed by atoms with van der Waals surface area (Å²) >= 11 is 5.96. The monoisotopic (exact) mass is 309 g/mol. The Labute approximate surface area is 132 Å². The molecule has 0 amide bonds. The number of rotatable bonds is 3. The van der Waals surface area contributed by atoms with E-state index in [1.165, 1.54) is 7.11 Å². The molecule has 2 atom stereocenters. The van der Waals surface area contributed by atoms with Gasteiger partial charge >= 0.3 is 5.97 Å². The second-order valence-corrected chi connectivity index (χ2v) is 7.06. The zero-order valence-electron chi connectivity index (χ0n) is 13.2. The van der Waals surface area contributed by atoms with E-state index >= 15 is 0 Å². The van der Waals surface area contributed by atoms with E-state index in [2.05, 4.69) is 25.7 Å². The van der Waals surface area contributed by atoms with Crippen molar-refractivity contribution in [3.05, 3.63) is 34.9 Å². The first-order valence-corrected chi connectivity index (χ1v) is 7.82. The van der Waals surface area contributed by atoms with Gasteiger partial charge in [-0.15, -0.1) is 0 Å². The number of benzene rings is 1. The van der Waals surface area contributed by atoms with Crippen molar-refractivity contribution in [2.24, 2.45) is 0 Å². The summed E-state index contributed by atoms with van der Waals surface area (Å²) in [5.74, 6) is -0.424. The average molecular weight is 310 g/mol. The largest absolute Gasteiger partial charge is 0.469 e. The molecule has 0 aliphatic carbocycles. The SMILES string of the molecule is COC(=O)[C@@H](c1ccc(Cl)cc1)[C@H]1CCCN1C(C)(C)C. The third-order valence-electron chi connectivity index (χ3n) is 4.23. The lowest BCUT2D eigenvalue weighted by Crippen LogP contribution is -2.48. The molecule has 1 aliphatic heterocycles. The number of methoxy groups -OCH3 is 1. The van der Waals surface area contributed by atoms with E-state index in [-0.39, 0.29) is 23.5 Å². The zero-order valence-corrected chi connectivity index (χ0v) is 14.0. The molecule has 1 heterocycles. The van der Waals surface area contributed by atoms with E-state index < -0.39 is 0 Å². The van der Waals surface area contributed by atoms with Crippen LogP contribution in [0.2, 0.25) is 5.02 Å². The van der Waals surface area contributed by atoms with Crippen LogP contribution in [0, 0.1) is 0 Å². The Kier molecular flexibility index (Phi) is 4.95. The summed E-state index contributed by atoms with van der Waals surface area (Å²) in [5, 5.41) is 0.682. The fraction of sp³-hybridized carbons (Fsp3) is 0.588. The lowest BCUT2D eigenvalue weighted by molar-refractivity contribution is -0.144. The first-order chi connectivity index (χ1) is 9.84. The number of ether oxygens (including phenoxy) is 1. The quantitative estimate of drug-likeness (QED) is 0.794. The molecular weight excluding hydrogens is 286 g/mol. The van der Waals surface area contributed by atoms with E-state index in [0.717, 1.165) is 24.9 Å². The van der Waals surface area contributed by atoms with Crippen LogP contribution in [-0.2, 0) is 9.53 Å². The second kappa shape index (κ2) is 6.37. The van der Waals surface area contributed by atoms with Crippen molar-refractivity contribution in [1.82, 2.24) is 4.90 Å². The minimum atomic E-state index is -0.256. The van der Waals surface area contributed by atoms with Gasteiger partial charge in [-0.05, 0) is 57.9 Å². The molecule has 0 unspecified atom stereocenters. The fourth-order valence-electron chi connectivity index (χ4n) is 3.28. The number of carbonyl (C=O) groups excluding carboxylic acids is 1. The summed E-state index contributed by atoms with van der Waals surface area (Å²) in [6.45, 7) is 7.61. The van der Waals surface area contributed by atoms with Gasteiger partial charge in [0.1, 0.15) is 0 Å². The minimum Gasteiger partial charge on any atom is -0.469 e. The van der Waals surface area contributed by atoms with E-state index in [1.807, 2.05) is 24.3 Å². The zero-order chi connectivity index (χ0) is 15.6. The number of likely N-dealkylation sites (tertiary alicyclic amines) is 1. The van der Waals surface area contributed by atoms with Crippen LogP contribution < -0.4 is 0 Å². The molecule has 4 heteroatoms. The van der Waals surface area contributed by atoms with Gasteiger partial charge in [0.15, 0.2) is 0 Å². The molecule has 0 bridgehead atoms. The van der Waals surface area contributed by atoms with Crippen LogP contribution in [0.1, 0.15) is 45.1 Å². The molecule has 1 fully saturated rings. The van der Waals surface area contributed by atoms with E-state index in [9.17, 15) is 4.79 Å². The molecule has 0 N–H and O–H groups in total. The van der Waals surface area contributed by atoms with Gasteiger partial charge < -0.3 is 4.74 Å². The molecule has 21 heavy (non-hydrogen) atoms. The number of nitrogens with zero attached hydrogens (tertiary/aromatic N) is 1. The summed E-state index contributed by atoms with van der Waals surface area (Å²) in [6, 6.07) is 7.72. The Hall–Kier alpha value is -1.06. The number of hydrogen-bond acceptors (Lipinski definition) is 3. The predicted octanol–water partition coefficient (Wildman–Crippen LogP) is 3.86. The van der Waals surface area contributed by atoms with Crippen LogP contribution in [0.4, 0.5) is 0 Å². The van der Waals surface area contributed by atoms with Crippen LogP contribution in [0.5, 0.6) is 0 Å². The Balaban J connectivity index is 2.36. The number of carbonyl (C=O) groups is 1. The van der Waals surface area contributed by atoms with Crippen molar-refractivity contribution in [2.45, 2.75) is 51.1 Å². The maximum Gasteiger partial charge on any atom is 0.314 e.